The molecule has 1 aliphatic rings. The quantitative estimate of drug-likeness (QED) is 0.830. The summed E-state index contributed by atoms with van der Waals surface area (Å²) in [6.45, 7) is 10.7. The first-order chi connectivity index (χ1) is 11.8. The Labute approximate surface area is 150 Å². The lowest BCUT2D eigenvalue weighted by atomic mass is 9.75. The highest BCUT2D eigenvalue weighted by atomic mass is 16.5. The number of hydrogen-bond donors (Lipinski definition) is 2. The molecule has 140 valence electrons. The van der Waals surface area contributed by atoms with Gasteiger partial charge in [0, 0.05) is 23.0 Å². The van der Waals surface area contributed by atoms with Gasteiger partial charge in [0.2, 0.25) is 5.91 Å². The van der Waals surface area contributed by atoms with Gasteiger partial charge in [0.1, 0.15) is 6.61 Å². The Kier molecular flexibility index (Phi) is 6.82. The zero-order valence-electron chi connectivity index (χ0n) is 16.1. The highest BCUT2D eigenvalue weighted by Gasteiger charge is 2.31. The van der Waals surface area contributed by atoms with E-state index in [1.54, 1.807) is 20.0 Å². The van der Waals surface area contributed by atoms with Crippen LogP contribution in [0.4, 0.5) is 0 Å². The number of nitrogens with one attached hydrogen (secondary N) is 2. The van der Waals surface area contributed by atoms with Crippen LogP contribution in [0.2, 0.25) is 0 Å². The molecule has 0 spiro atoms. The molecule has 5 nitrogen and oxygen atoms in total. The monoisotopic (exact) mass is 348 g/mol. The average molecular weight is 348 g/mol. The summed E-state index contributed by atoms with van der Waals surface area (Å²) in [5, 5.41) is 2.85. The molecule has 2 rings (SSSR count). The number of ether oxygens (including phenoxy) is 1. The van der Waals surface area contributed by atoms with E-state index in [1.165, 1.54) is 12.8 Å². The number of aryl methyl sites for hydroxylation is 1. The summed E-state index contributed by atoms with van der Waals surface area (Å²) in [4.78, 5) is 27.2. The predicted octanol–water partition coefficient (Wildman–Crippen LogP) is 3.09. The molecule has 3 atom stereocenters. The third-order valence-corrected chi connectivity index (χ3v) is 5.47. The Bertz CT molecular complexity index is 651. The van der Waals surface area contributed by atoms with Crippen molar-refractivity contribution in [2.45, 2.75) is 66.5 Å². The van der Waals surface area contributed by atoms with Crippen LogP contribution in [0.15, 0.2) is 11.0 Å². The van der Waals surface area contributed by atoms with E-state index in [4.69, 9.17) is 4.74 Å². The van der Waals surface area contributed by atoms with Gasteiger partial charge in [0.05, 0.1) is 12.6 Å². The topological polar surface area (TPSA) is 71.2 Å². The van der Waals surface area contributed by atoms with E-state index in [9.17, 15) is 9.59 Å². The van der Waals surface area contributed by atoms with Crippen LogP contribution in [0.25, 0.3) is 0 Å². The Morgan fingerprint density at radius 1 is 1.36 bits per heavy atom. The molecule has 1 saturated carbocycles. The molecule has 0 aromatic carbocycles. The fourth-order valence-electron chi connectivity index (χ4n) is 3.71. The van der Waals surface area contributed by atoms with Gasteiger partial charge in [-0.15, -0.1) is 0 Å². The Morgan fingerprint density at radius 3 is 2.76 bits per heavy atom. The molecule has 1 aromatic rings. The number of H-pyrrole nitrogens is 1. The second-order valence-electron chi connectivity index (χ2n) is 7.86. The number of carbonyl (C=O) groups is 1. The lowest BCUT2D eigenvalue weighted by molar-refractivity contribution is -0.131. The van der Waals surface area contributed by atoms with Crippen LogP contribution in [0.1, 0.15) is 56.9 Å². The van der Waals surface area contributed by atoms with E-state index in [1.807, 2.05) is 0 Å². The second kappa shape index (κ2) is 8.65. The fraction of sp³-hybridized carbons (Fsp3) is 0.700. The van der Waals surface area contributed by atoms with Crippen LogP contribution in [-0.4, -0.2) is 23.6 Å². The van der Waals surface area contributed by atoms with Gasteiger partial charge in [0.25, 0.3) is 0 Å². The van der Waals surface area contributed by atoms with Gasteiger partial charge < -0.3 is 15.0 Å². The Morgan fingerprint density at radius 2 is 2.08 bits per heavy atom. The molecule has 0 bridgehead atoms. The summed E-state index contributed by atoms with van der Waals surface area (Å²) >= 11 is 0. The molecule has 1 aromatic heterocycles. The van der Waals surface area contributed by atoms with Crippen molar-refractivity contribution in [2.75, 3.05) is 6.61 Å². The normalized spacial score (nSPS) is 23.7. The maximum Gasteiger partial charge on any atom is 0.246 e. The molecule has 2 N–H and O–H groups in total. The standard InChI is InChI=1S/C20H32N2O3/c1-12(2)16-7-6-13(3)8-18(16)25-11-19(23)22-10-17-15(5)20(24)14(4)9-21-17/h9,12-13,16,18H,6-8,10-11H2,1-5H3,(H,21,24)(H,22,23). The van der Waals surface area contributed by atoms with Crippen molar-refractivity contribution in [1.29, 1.82) is 0 Å². The van der Waals surface area contributed by atoms with E-state index in [0.29, 0.717) is 35.4 Å². The summed E-state index contributed by atoms with van der Waals surface area (Å²) in [5.41, 5.74) is 2.11. The van der Waals surface area contributed by atoms with E-state index >= 15 is 0 Å². The molecule has 1 aliphatic carbocycles. The highest BCUT2D eigenvalue weighted by Crippen LogP contribution is 2.35. The summed E-state index contributed by atoms with van der Waals surface area (Å²) in [6, 6.07) is 0. The van der Waals surface area contributed by atoms with Crippen molar-refractivity contribution in [1.82, 2.24) is 10.3 Å². The molecule has 1 amide bonds. The van der Waals surface area contributed by atoms with E-state index in [0.717, 1.165) is 12.1 Å². The van der Waals surface area contributed by atoms with Gasteiger partial charge in [-0.25, -0.2) is 0 Å². The van der Waals surface area contributed by atoms with Gasteiger partial charge in [-0.1, -0.05) is 27.2 Å². The zero-order valence-corrected chi connectivity index (χ0v) is 16.1. The van der Waals surface area contributed by atoms with Gasteiger partial charge in [-0.2, -0.15) is 0 Å². The van der Waals surface area contributed by atoms with Crippen LogP contribution in [-0.2, 0) is 16.1 Å². The van der Waals surface area contributed by atoms with E-state index in [2.05, 4.69) is 31.1 Å². The van der Waals surface area contributed by atoms with E-state index in [-0.39, 0.29) is 24.0 Å². The van der Waals surface area contributed by atoms with Crippen LogP contribution in [0, 0.1) is 31.6 Å². The average Bonchev–Trinajstić information content (AvgIpc) is 2.57. The Balaban J connectivity index is 1.86. The second-order valence-corrected chi connectivity index (χ2v) is 7.86. The van der Waals surface area contributed by atoms with Crippen LogP contribution < -0.4 is 10.7 Å². The summed E-state index contributed by atoms with van der Waals surface area (Å²) in [7, 11) is 0. The largest absolute Gasteiger partial charge is 0.368 e. The zero-order chi connectivity index (χ0) is 18.6. The number of aromatic amines is 1. The molecule has 1 heterocycles. The fourth-order valence-corrected chi connectivity index (χ4v) is 3.71. The molecule has 3 unspecified atom stereocenters. The first-order valence-corrected chi connectivity index (χ1v) is 9.35. The van der Waals surface area contributed by atoms with Gasteiger partial charge in [0.15, 0.2) is 5.43 Å². The van der Waals surface area contributed by atoms with Crippen molar-refractivity contribution in [3.8, 4) is 0 Å². The van der Waals surface area contributed by atoms with Crippen LogP contribution in [0.5, 0.6) is 0 Å². The molecule has 25 heavy (non-hydrogen) atoms. The minimum atomic E-state index is -0.137. The van der Waals surface area contributed by atoms with Crippen molar-refractivity contribution >= 4 is 5.91 Å². The Hall–Kier alpha value is -1.62. The van der Waals surface area contributed by atoms with Crippen LogP contribution >= 0.6 is 0 Å². The van der Waals surface area contributed by atoms with Crippen molar-refractivity contribution < 1.29 is 9.53 Å². The third kappa shape index (κ3) is 5.18. The minimum absolute atomic E-state index is 0.0233. The number of rotatable bonds is 6. The van der Waals surface area contributed by atoms with Crippen molar-refractivity contribution in [3.63, 3.8) is 0 Å². The van der Waals surface area contributed by atoms with Crippen LogP contribution in [0.3, 0.4) is 0 Å². The summed E-state index contributed by atoms with van der Waals surface area (Å²) in [6.07, 6.45) is 5.30. The highest BCUT2D eigenvalue weighted by molar-refractivity contribution is 5.77. The molecule has 1 fully saturated rings. The van der Waals surface area contributed by atoms with Crippen molar-refractivity contribution in [3.05, 3.63) is 33.2 Å². The smallest absolute Gasteiger partial charge is 0.246 e. The first-order valence-electron chi connectivity index (χ1n) is 9.35. The molecular weight excluding hydrogens is 316 g/mol. The SMILES string of the molecule is Cc1c[nH]c(CNC(=O)COC2CC(C)CCC2C(C)C)c(C)c1=O. The van der Waals surface area contributed by atoms with E-state index < -0.39 is 0 Å². The lowest BCUT2D eigenvalue weighted by Crippen LogP contribution is -2.37. The summed E-state index contributed by atoms with van der Waals surface area (Å²) in [5.74, 6) is 1.62. The molecule has 5 heteroatoms. The minimum Gasteiger partial charge on any atom is -0.368 e. The molecule has 0 saturated heterocycles. The molecule has 0 aliphatic heterocycles. The van der Waals surface area contributed by atoms with Gasteiger partial charge in [-0.05, 0) is 44.4 Å². The first kappa shape index (κ1) is 19.7. The predicted molar refractivity (Wildman–Crippen MR) is 99.5 cm³/mol. The number of amides is 1. The number of carbonyl (C=O) groups excluding carboxylic acids is 1. The molecule has 0 radical (unpaired) electrons. The maximum atomic E-state index is 12.2. The van der Waals surface area contributed by atoms with Gasteiger partial charge >= 0.3 is 0 Å². The number of pyridine rings is 1. The summed E-state index contributed by atoms with van der Waals surface area (Å²) < 4.78 is 5.97. The number of hydrogen-bond acceptors (Lipinski definition) is 3. The molecular formula is C20H32N2O3. The number of aromatic nitrogens is 1. The lowest BCUT2D eigenvalue weighted by Gasteiger charge is -2.37. The maximum absolute atomic E-state index is 12.2. The van der Waals surface area contributed by atoms with Gasteiger partial charge in [-0.3, -0.25) is 9.59 Å². The third-order valence-electron chi connectivity index (χ3n) is 5.47. The van der Waals surface area contributed by atoms with Crippen molar-refractivity contribution in [2.24, 2.45) is 17.8 Å².